The van der Waals surface area contributed by atoms with Crippen LogP contribution >= 0.6 is 0 Å². The topological polar surface area (TPSA) is 104 Å². The van der Waals surface area contributed by atoms with Crippen LogP contribution in [-0.2, 0) is 23.9 Å². The molecule has 70 valence electrons. The highest BCUT2D eigenvalue weighted by Gasteiger charge is 2.14. The molecule has 0 aliphatic carbocycles. The Bertz CT molecular complexity index is 280. The Hall–Kier alpha value is -1.11. The van der Waals surface area contributed by atoms with Gasteiger partial charge in [-0.15, -0.1) is 0 Å². The van der Waals surface area contributed by atoms with Crippen molar-refractivity contribution in [1.29, 1.82) is 0 Å². The molecule has 0 radical (unpaired) electrons. The molecule has 0 saturated heterocycles. The predicted octanol–water partition coefficient (Wildman–Crippen LogP) is -1.25. The first-order valence-corrected chi connectivity index (χ1v) is 4.62. The molecular formula is C5H9NO5S. The van der Waals surface area contributed by atoms with Crippen molar-refractivity contribution in [3.05, 3.63) is 0 Å². The van der Waals surface area contributed by atoms with Crippen molar-refractivity contribution >= 4 is 22.0 Å². The molecule has 0 spiro atoms. The first kappa shape index (κ1) is 10.9. The maximum atomic E-state index is 10.7. The van der Waals surface area contributed by atoms with E-state index in [1.54, 1.807) is 0 Å². The summed E-state index contributed by atoms with van der Waals surface area (Å²) in [4.78, 5) is 20.3. The van der Waals surface area contributed by atoms with Gasteiger partial charge in [0.2, 0.25) is 5.91 Å². The van der Waals surface area contributed by atoms with E-state index in [2.05, 4.69) is 9.92 Å². The summed E-state index contributed by atoms with van der Waals surface area (Å²) in [6.07, 6.45) is -0.352. The quantitative estimate of drug-likeness (QED) is 0.565. The van der Waals surface area contributed by atoms with Crippen LogP contribution in [0.25, 0.3) is 0 Å². The number of amides is 1. The van der Waals surface area contributed by atoms with Crippen molar-refractivity contribution in [3.8, 4) is 0 Å². The smallest absolute Gasteiger partial charge is 0.319 e. The van der Waals surface area contributed by atoms with E-state index in [4.69, 9.17) is 0 Å². The Labute approximate surface area is 69.8 Å². The molecule has 0 aliphatic heterocycles. The predicted molar refractivity (Wildman–Crippen MR) is 39.4 cm³/mol. The fourth-order valence-electron chi connectivity index (χ4n) is 0.446. The minimum Gasteiger partial charge on any atom is -0.370 e. The standard InChI is InChI=1S/C5H9NO5S/c1-4(7)11-12(9,10)3-2-5(6)8/h2-3H2,1H3,(H2,6,8). The Kier molecular flexibility index (Phi) is 3.68. The van der Waals surface area contributed by atoms with Crippen LogP contribution in [0.4, 0.5) is 0 Å². The van der Waals surface area contributed by atoms with Crippen molar-refractivity contribution in [2.24, 2.45) is 5.73 Å². The van der Waals surface area contributed by atoms with E-state index in [0.717, 1.165) is 6.92 Å². The highest BCUT2D eigenvalue weighted by atomic mass is 32.2. The molecule has 0 aromatic rings. The van der Waals surface area contributed by atoms with Gasteiger partial charge in [-0.05, 0) is 0 Å². The summed E-state index contributed by atoms with van der Waals surface area (Å²) in [6.45, 7) is 0.960. The summed E-state index contributed by atoms with van der Waals surface area (Å²) < 4.78 is 25.3. The van der Waals surface area contributed by atoms with Gasteiger partial charge in [-0.3, -0.25) is 9.59 Å². The van der Waals surface area contributed by atoms with Crippen LogP contribution in [-0.4, -0.2) is 26.0 Å². The molecule has 6 nitrogen and oxygen atoms in total. The molecule has 0 aromatic heterocycles. The minimum atomic E-state index is -3.93. The molecule has 0 fully saturated rings. The maximum Gasteiger partial charge on any atom is 0.319 e. The molecular weight excluding hydrogens is 186 g/mol. The van der Waals surface area contributed by atoms with Gasteiger partial charge >= 0.3 is 16.1 Å². The lowest BCUT2D eigenvalue weighted by Gasteiger charge is -2.00. The first-order chi connectivity index (χ1) is 5.33. The molecule has 1 amide bonds. The molecule has 0 aromatic carbocycles. The average molecular weight is 195 g/mol. The van der Waals surface area contributed by atoms with Gasteiger partial charge in [0.1, 0.15) is 0 Å². The highest BCUT2D eigenvalue weighted by Crippen LogP contribution is 1.96. The van der Waals surface area contributed by atoms with E-state index in [-0.39, 0.29) is 6.42 Å². The molecule has 0 bridgehead atoms. The molecule has 0 aliphatic rings. The second-order valence-corrected chi connectivity index (χ2v) is 3.74. The summed E-state index contributed by atoms with van der Waals surface area (Å²) in [5.41, 5.74) is 4.69. The fourth-order valence-corrected chi connectivity index (χ4v) is 1.34. The number of carbonyl (C=O) groups excluding carboxylic acids is 2. The van der Waals surface area contributed by atoms with Crippen molar-refractivity contribution in [2.45, 2.75) is 13.3 Å². The summed E-state index contributed by atoms with van der Waals surface area (Å²) >= 11 is 0. The van der Waals surface area contributed by atoms with Crippen LogP contribution in [0, 0.1) is 0 Å². The SMILES string of the molecule is CC(=O)OS(=O)(=O)CCC(N)=O. The zero-order valence-corrected chi connectivity index (χ0v) is 7.26. The molecule has 2 N–H and O–H groups in total. The van der Waals surface area contributed by atoms with E-state index in [9.17, 15) is 18.0 Å². The number of primary amides is 1. The van der Waals surface area contributed by atoms with Gasteiger partial charge in [-0.2, -0.15) is 8.42 Å². The van der Waals surface area contributed by atoms with Crippen LogP contribution in [0.5, 0.6) is 0 Å². The zero-order chi connectivity index (χ0) is 9.78. The molecule has 0 heterocycles. The summed E-state index contributed by atoms with van der Waals surface area (Å²) in [5.74, 6) is -2.26. The summed E-state index contributed by atoms with van der Waals surface area (Å²) in [6, 6.07) is 0. The van der Waals surface area contributed by atoms with Crippen LogP contribution in [0.2, 0.25) is 0 Å². The van der Waals surface area contributed by atoms with E-state index in [1.807, 2.05) is 0 Å². The second kappa shape index (κ2) is 4.05. The lowest BCUT2D eigenvalue weighted by atomic mass is 10.5. The van der Waals surface area contributed by atoms with E-state index in [0.29, 0.717) is 0 Å². The third-order valence-electron chi connectivity index (χ3n) is 0.843. The van der Waals surface area contributed by atoms with Gasteiger partial charge in [0.15, 0.2) is 0 Å². The van der Waals surface area contributed by atoms with Gasteiger partial charge in [0.05, 0.1) is 5.75 Å². The van der Waals surface area contributed by atoms with Gasteiger partial charge in [0, 0.05) is 13.3 Å². The Morgan fingerprint density at radius 3 is 2.25 bits per heavy atom. The minimum absolute atomic E-state index is 0.352. The fraction of sp³-hybridized carbons (Fsp3) is 0.600. The van der Waals surface area contributed by atoms with Crippen LogP contribution in [0.15, 0.2) is 0 Å². The summed E-state index contributed by atoms with van der Waals surface area (Å²) in [7, 11) is -3.93. The number of hydrogen-bond donors (Lipinski definition) is 1. The van der Waals surface area contributed by atoms with Crippen LogP contribution in [0.1, 0.15) is 13.3 Å². The van der Waals surface area contributed by atoms with E-state index in [1.165, 1.54) is 0 Å². The van der Waals surface area contributed by atoms with Crippen molar-refractivity contribution < 1.29 is 22.2 Å². The number of rotatable bonds is 4. The third-order valence-corrected chi connectivity index (χ3v) is 2.04. The summed E-state index contributed by atoms with van der Waals surface area (Å²) in [5, 5.41) is 0. The molecule has 0 saturated carbocycles. The molecule has 0 unspecified atom stereocenters. The van der Waals surface area contributed by atoms with Gasteiger partial charge in [-0.1, -0.05) is 0 Å². The Morgan fingerprint density at radius 2 is 1.92 bits per heavy atom. The molecule has 0 atom stereocenters. The number of carbonyl (C=O) groups is 2. The maximum absolute atomic E-state index is 10.7. The average Bonchev–Trinajstić information content (AvgIpc) is 1.81. The normalized spacial score (nSPS) is 10.8. The Balaban J connectivity index is 4.06. The number of nitrogens with two attached hydrogens (primary N) is 1. The first-order valence-electron chi connectivity index (χ1n) is 3.04. The number of hydrogen-bond acceptors (Lipinski definition) is 5. The molecule has 0 rings (SSSR count). The van der Waals surface area contributed by atoms with Gasteiger partial charge in [0.25, 0.3) is 0 Å². The van der Waals surface area contributed by atoms with Crippen molar-refractivity contribution in [1.82, 2.24) is 0 Å². The monoisotopic (exact) mass is 195 g/mol. The lowest BCUT2D eigenvalue weighted by molar-refractivity contribution is -0.131. The van der Waals surface area contributed by atoms with Crippen LogP contribution in [0.3, 0.4) is 0 Å². The van der Waals surface area contributed by atoms with E-state index < -0.39 is 27.7 Å². The van der Waals surface area contributed by atoms with Crippen molar-refractivity contribution in [3.63, 3.8) is 0 Å². The highest BCUT2D eigenvalue weighted by molar-refractivity contribution is 7.87. The van der Waals surface area contributed by atoms with Crippen LogP contribution < -0.4 is 5.73 Å². The third kappa shape index (κ3) is 5.66. The van der Waals surface area contributed by atoms with Gasteiger partial charge in [-0.25, -0.2) is 0 Å². The molecule has 7 heteroatoms. The van der Waals surface area contributed by atoms with Crippen molar-refractivity contribution in [2.75, 3.05) is 5.75 Å². The van der Waals surface area contributed by atoms with E-state index >= 15 is 0 Å². The lowest BCUT2D eigenvalue weighted by Crippen LogP contribution is -2.20. The largest absolute Gasteiger partial charge is 0.370 e. The Morgan fingerprint density at radius 1 is 1.42 bits per heavy atom. The second-order valence-electron chi connectivity index (χ2n) is 2.05. The molecule has 12 heavy (non-hydrogen) atoms. The van der Waals surface area contributed by atoms with Gasteiger partial charge < -0.3 is 9.92 Å². The zero-order valence-electron chi connectivity index (χ0n) is 6.44.